The molecule has 2 N–H and O–H groups in total. The molecule has 0 unspecified atom stereocenters. The van der Waals surface area contributed by atoms with Crippen LogP contribution in [0.2, 0.25) is 0 Å². The average molecular weight is 301 g/mol. The van der Waals surface area contributed by atoms with Gasteiger partial charge in [0.15, 0.2) is 0 Å². The Bertz CT molecular complexity index is 619. The lowest BCUT2D eigenvalue weighted by atomic mass is 10.1. The molecule has 0 aliphatic carbocycles. The number of thiophene rings is 1. The van der Waals surface area contributed by atoms with Crippen molar-refractivity contribution in [1.82, 2.24) is 4.90 Å². The minimum atomic E-state index is -4.53. The summed E-state index contributed by atoms with van der Waals surface area (Å²) < 4.78 is 16.8. The van der Waals surface area contributed by atoms with Gasteiger partial charge in [-0.05, 0) is 43.6 Å². The van der Waals surface area contributed by atoms with Gasteiger partial charge in [-0.15, -0.1) is 11.3 Å². The van der Waals surface area contributed by atoms with Crippen molar-refractivity contribution in [2.24, 2.45) is 0 Å². The number of hydrogen-bond acceptors (Lipinski definition) is 4. The van der Waals surface area contributed by atoms with Crippen LogP contribution in [0, 0.1) is 0 Å². The summed E-state index contributed by atoms with van der Waals surface area (Å²) in [5.74, 6) is 0.251. The summed E-state index contributed by atoms with van der Waals surface area (Å²) in [6.45, 7) is 0.871. The zero-order valence-electron chi connectivity index (χ0n) is 10.7. The van der Waals surface area contributed by atoms with Gasteiger partial charge in [0.05, 0.1) is 0 Å². The van der Waals surface area contributed by atoms with E-state index in [4.69, 9.17) is 14.3 Å². The average Bonchev–Trinajstić information content (AvgIpc) is 2.68. The number of hydrogen-bond donors (Lipinski definition) is 2. The molecule has 0 amide bonds. The molecule has 2 aromatic rings. The van der Waals surface area contributed by atoms with Crippen LogP contribution in [-0.4, -0.2) is 35.3 Å². The Balaban J connectivity index is 2.40. The van der Waals surface area contributed by atoms with Crippen molar-refractivity contribution in [1.29, 1.82) is 0 Å². The summed E-state index contributed by atoms with van der Waals surface area (Å²) in [6, 6.07) is 5.25. The van der Waals surface area contributed by atoms with Gasteiger partial charge in [-0.3, -0.25) is 9.79 Å². The maximum absolute atomic E-state index is 11.0. The van der Waals surface area contributed by atoms with Crippen LogP contribution in [0.1, 0.15) is 5.56 Å². The van der Waals surface area contributed by atoms with E-state index in [-0.39, 0.29) is 5.75 Å². The number of rotatable bonds is 5. The summed E-state index contributed by atoms with van der Waals surface area (Å²) in [5, 5.41) is 2.82. The van der Waals surface area contributed by atoms with Crippen LogP contribution in [-0.2, 0) is 11.0 Å². The largest absolute Gasteiger partial charge is 0.524 e. The Hall–Kier alpha value is -0.910. The number of phosphoric acid groups is 1. The van der Waals surface area contributed by atoms with Crippen molar-refractivity contribution in [3.63, 3.8) is 0 Å². The first-order chi connectivity index (χ1) is 8.87. The second kappa shape index (κ2) is 5.61. The van der Waals surface area contributed by atoms with Crippen molar-refractivity contribution in [3.05, 3.63) is 29.1 Å². The van der Waals surface area contributed by atoms with E-state index in [0.717, 1.165) is 28.6 Å². The lowest BCUT2D eigenvalue weighted by molar-refractivity contribution is 0.284. The van der Waals surface area contributed by atoms with Crippen molar-refractivity contribution in [3.8, 4) is 5.75 Å². The summed E-state index contributed by atoms with van der Waals surface area (Å²) in [5.41, 5.74) is 1.05. The van der Waals surface area contributed by atoms with E-state index in [2.05, 4.69) is 4.90 Å². The first kappa shape index (κ1) is 14.5. The molecule has 0 saturated carbocycles. The molecule has 0 aliphatic heterocycles. The normalized spacial score (nSPS) is 12.3. The Labute approximate surface area is 115 Å². The van der Waals surface area contributed by atoms with E-state index in [0.29, 0.717) is 0 Å². The molecule has 1 heterocycles. The fourth-order valence-corrected chi connectivity index (χ4v) is 3.27. The zero-order valence-corrected chi connectivity index (χ0v) is 12.4. The van der Waals surface area contributed by atoms with Crippen LogP contribution < -0.4 is 4.52 Å². The van der Waals surface area contributed by atoms with Crippen molar-refractivity contribution < 1.29 is 18.9 Å². The quantitative estimate of drug-likeness (QED) is 0.830. The number of benzene rings is 1. The number of phosphoric ester groups is 1. The van der Waals surface area contributed by atoms with Gasteiger partial charge in [0.1, 0.15) is 5.75 Å². The molecule has 0 radical (unpaired) electrons. The second-order valence-corrected chi connectivity index (χ2v) is 6.60. The molecule has 0 fully saturated rings. The predicted molar refractivity (Wildman–Crippen MR) is 76.8 cm³/mol. The molecule has 0 atom stereocenters. The summed E-state index contributed by atoms with van der Waals surface area (Å²) in [6.07, 6.45) is 0.814. The summed E-state index contributed by atoms with van der Waals surface area (Å²) in [4.78, 5) is 20.0. The number of nitrogens with zero attached hydrogens (tertiary/aromatic N) is 1. The summed E-state index contributed by atoms with van der Waals surface area (Å²) >= 11 is 1.55. The molecule has 0 saturated heterocycles. The zero-order chi connectivity index (χ0) is 14.0. The van der Waals surface area contributed by atoms with Crippen LogP contribution in [0.15, 0.2) is 23.6 Å². The van der Waals surface area contributed by atoms with E-state index in [1.807, 2.05) is 25.5 Å². The lowest BCUT2D eigenvalue weighted by Gasteiger charge is -2.11. The van der Waals surface area contributed by atoms with Gasteiger partial charge < -0.3 is 9.42 Å². The van der Waals surface area contributed by atoms with Gasteiger partial charge in [-0.1, -0.05) is 6.07 Å². The Kier molecular flexibility index (Phi) is 4.28. The smallest absolute Gasteiger partial charge is 0.404 e. The Morgan fingerprint density at radius 3 is 2.74 bits per heavy atom. The van der Waals surface area contributed by atoms with Crippen LogP contribution in [0.3, 0.4) is 0 Å². The highest BCUT2D eigenvalue weighted by atomic mass is 32.1. The van der Waals surface area contributed by atoms with Gasteiger partial charge in [-0.2, -0.15) is 0 Å². The lowest BCUT2D eigenvalue weighted by Crippen LogP contribution is -2.14. The fourth-order valence-electron chi connectivity index (χ4n) is 1.85. The molecule has 0 spiro atoms. The molecule has 2 rings (SSSR count). The fraction of sp³-hybridized carbons (Fsp3) is 0.333. The van der Waals surface area contributed by atoms with Gasteiger partial charge in [0, 0.05) is 16.6 Å². The van der Waals surface area contributed by atoms with Gasteiger partial charge in [0.25, 0.3) is 0 Å². The van der Waals surface area contributed by atoms with Gasteiger partial charge in [0.2, 0.25) is 0 Å². The standard InChI is InChI=1S/C12H16NO4PS/c1-13(2)7-6-9-8-19-11-5-3-4-10(12(9)11)17-18(14,15)16/h3-5,8H,6-7H2,1-2H3,(H2,14,15,16). The highest BCUT2D eigenvalue weighted by Crippen LogP contribution is 2.43. The molecule has 0 aliphatic rings. The first-order valence-corrected chi connectivity index (χ1v) is 8.17. The molecule has 5 nitrogen and oxygen atoms in total. The third-order valence-corrected chi connectivity index (χ3v) is 4.11. The van der Waals surface area contributed by atoms with E-state index in [1.54, 1.807) is 23.5 Å². The van der Waals surface area contributed by atoms with Crippen molar-refractivity contribution in [2.45, 2.75) is 6.42 Å². The molecule has 104 valence electrons. The summed E-state index contributed by atoms with van der Waals surface area (Å²) in [7, 11) is -0.556. The number of likely N-dealkylation sites (N-methyl/N-ethyl adjacent to an activating group) is 1. The molecule has 7 heteroatoms. The number of fused-ring (bicyclic) bond motifs is 1. The van der Waals surface area contributed by atoms with Crippen LogP contribution in [0.25, 0.3) is 10.1 Å². The van der Waals surface area contributed by atoms with Crippen LogP contribution in [0.4, 0.5) is 0 Å². The van der Waals surface area contributed by atoms with Gasteiger partial charge >= 0.3 is 7.82 Å². The van der Waals surface area contributed by atoms with Crippen molar-refractivity contribution >= 4 is 29.2 Å². The van der Waals surface area contributed by atoms with Gasteiger partial charge in [-0.25, -0.2) is 4.57 Å². The van der Waals surface area contributed by atoms with Crippen LogP contribution >= 0.6 is 19.2 Å². The molecular formula is C12H16NO4PS. The minimum absolute atomic E-state index is 0.251. The molecule has 0 bridgehead atoms. The van der Waals surface area contributed by atoms with Crippen LogP contribution in [0.5, 0.6) is 5.75 Å². The maximum Gasteiger partial charge on any atom is 0.524 e. The highest BCUT2D eigenvalue weighted by Gasteiger charge is 2.19. The molecular weight excluding hydrogens is 285 g/mol. The van der Waals surface area contributed by atoms with E-state index in [9.17, 15) is 4.57 Å². The molecule has 1 aromatic heterocycles. The second-order valence-electron chi connectivity index (χ2n) is 4.53. The third kappa shape index (κ3) is 3.78. The molecule has 1 aromatic carbocycles. The predicted octanol–water partition coefficient (Wildman–Crippen LogP) is 2.48. The van der Waals surface area contributed by atoms with E-state index in [1.165, 1.54) is 0 Å². The topological polar surface area (TPSA) is 70.0 Å². The first-order valence-electron chi connectivity index (χ1n) is 5.76. The Morgan fingerprint density at radius 1 is 1.37 bits per heavy atom. The third-order valence-electron chi connectivity index (χ3n) is 2.68. The maximum atomic E-state index is 11.0. The van der Waals surface area contributed by atoms with E-state index < -0.39 is 7.82 Å². The minimum Gasteiger partial charge on any atom is -0.404 e. The Morgan fingerprint density at radius 2 is 2.11 bits per heavy atom. The monoisotopic (exact) mass is 301 g/mol. The van der Waals surface area contributed by atoms with Crippen molar-refractivity contribution in [2.75, 3.05) is 20.6 Å². The van der Waals surface area contributed by atoms with E-state index >= 15 is 0 Å². The SMILES string of the molecule is CN(C)CCc1csc2cccc(OP(=O)(O)O)c12. The highest BCUT2D eigenvalue weighted by molar-refractivity contribution is 7.46. The molecule has 19 heavy (non-hydrogen) atoms.